The predicted octanol–water partition coefficient (Wildman–Crippen LogP) is 5.50. The second kappa shape index (κ2) is 3.98. The smallest absolute Gasteiger partial charge is 0.0151 e. The van der Waals surface area contributed by atoms with Crippen LogP contribution in [0.5, 0.6) is 0 Å². The molecule has 1 atom stereocenters. The highest BCUT2D eigenvalue weighted by Crippen LogP contribution is 2.59. The fourth-order valence-electron chi connectivity index (χ4n) is 4.80. The zero-order valence-corrected chi connectivity index (χ0v) is 13.1. The van der Waals surface area contributed by atoms with Gasteiger partial charge in [-0.05, 0) is 53.9 Å². The summed E-state index contributed by atoms with van der Waals surface area (Å²) in [5.41, 5.74) is 8.54. The zero-order valence-electron chi connectivity index (χ0n) is 13.1. The van der Waals surface area contributed by atoms with Crippen molar-refractivity contribution in [2.45, 2.75) is 65.7 Å². The Morgan fingerprint density at radius 2 is 1.84 bits per heavy atom. The van der Waals surface area contributed by atoms with Gasteiger partial charge in [-0.15, -0.1) is 0 Å². The van der Waals surface area contributed by atoms with E-state index in [2.05, 4.69) is 52.8 Å². The van der Waals surface area contributed by atoms with Crippen LogP contribution in [0.4, 0.5) is 0 Å². The molecule has 0 N–H and O–H groups in total. The van der Waals surface area contributed by atoms with Crippen molar-refractivity contribution in [3.63, 3.8) is 0 Å². The van der Waals surface area contributed by atoms with Gasteiger partial charge in [0, 0.05) is 5.41 Å². The molecule has 19 heavy (non-hydrogen) atoms. The summed E-state index contributed by atoms with van der Waals surface area (Å²) in [5.74, 6) is 0. The van der Waals surface area contributed by atoms with Gasteiger partial charge in [0.2, 0.25) is 0 Å². The van der Waals surface area contributed by atoms with E-state index < -0.39 is 0 Å². The molecule has 1 aromatic carbocycles. The third kappa shape index (κ3) is 1.65. The van der Waals surface area contributed by atoms with Crippen LogP contribution in [0.1, 0.15) is 70.6 Å². The van der Waals surface area contributed by atoms with E-state index >= 15 is 0 Å². The van der Waals surface area contributed by atoms with Crippen molar-refractivity contribution in [2.24, 2.45) is 5.41 Å². The van der Waals surface area contributed by atoms with Crippen molar-refractivity contribution in [2.75, 3.05) is 0 Å². The average Bonchev–Trinajstić information content (AvgIpc) is 2.58. The lowest BCUT2D eigenvalue weighted by atomic mass is 9.60. The highest BCUT2D eigenvalue weighted by Gasteiger charge is 2.48. The van der Waals surface area contributed by atoms with Crippen LogP contribution in [0, 0.1) is 5.41 Å². The van der Waals surface area contributed by atoms with Crippen molar-refractivity contribution in [3.8, 4) is 0 Å². The Morgan fingerprint density at radius 3 is 2.53 bits per heavy atom. The van der Waals surface area contributed by atoms with Crippen molar-refractivity contribution in [1.29, 1.82) is 0 Å². The predicted molar refractivity (Wildman–Crippen MR) is 83.4 cm³/mol. The quantitative estimate of drug-likeness (QED) is 0.620. The molecule has 0 bridgehead atoms. The second-order valence-corrected chi connectivity index (χ2v) is 7.30. The molecule has 1 aromatic rings. The molecule has 3 rings (SSSR count). The average molecular weight is 254 g/mol. The van der Waals surface area contributed by atoms with Crippen molar-refractivity contribution < 1.29 is 0 Å². The van der Waals surface area contributed by atoms with E-state index in [-0.39, 0.29) is 0 Å². The summed E-state index contributed by atoms with van der Waals surface area (Å²) in [7, 11) is 0. The first-order valence-corrected chi connectivity index (χ1v) is 7.76. The third-order valence-corrected chi connectivity index (χ3v) is 5.57. The topological polar surface area (TPSA) is 0 Å². The molecule has 0 nitrogen and oxygen atoms in total. The SMILES string of the molecule is CCc1ccc2c(c1)C1(C)CCCC(C)(C)C1=C2C. The van der Waals surface area contributed by atoms with E-state index in [4.69, 9.17) is 0 Å². The van der Waals surface area contributed by atoms with E-state index in [1.165, 1.54) is 30.4 Å². The maximum absolute atomic E-state index is 2.48. The molecule has 1 saturated carbocycles. The molecule has 102 valence electrons. The van der Waals surface area contributed by atoms with Crippen molar-refractivity contribution >= 4 is 5.57 Å². The minimum absolute atomic E-state index is 0.298. The maximum Gasteiger partial charge on any atom is 0.0151 e. The Hall–Kier alpha value is -1.04. The lowest BCUT2D eigenvalue weighted by Crippen LogP contribution is -2.35. The van der Waals surface area contributed by atoms with Gasteiger partial charge in [-0.25, -0.2) is 0 Å². The van der Waals surface area contributed by atoms with Crippen molar-refractivity contribution in [3.05, 3.63) is 40.5 Å². The normalized spacial score (nSPS) is 28.3. The second-order valence-electron chi connectivity index (χ2n) is 7.30. The minimum Gasteiger partial charge on any atom is -0.0613 e. The monoisotopic (exact) mass is 254 g/mol. The fraction of sp³-hybridized carbons (Fsp3) is 0.579. The molecule has 0 aliphatic heterocycles. The van der Waals surface area contributed by atoms with Gasteiger partial charge < -0.3 is 0 Å². The van der Waals surface area contributed by atoms with Crippen LogP contribution in [-0.4, -0.2) is 0 Å². The number of hydrogen-bond acceptors (Lipinski definition) is 0. The summed E-state index contributed by atoms with van der Waals surface area (Å²) < 4.78 is 0. The van der Waals surface area contributed by atoms with Gasteiger partial charge in [0.1, 0.15) is 0 Å². The summed E-state index contributed by atoms with van der Waals surface area (Å²) >= 11 is 0. The molecule has 0 aromatic heterocycles. The number of rotatable bonds is 1. The van der Waals surface area contributed by atoms with E-state index in [1.807, 2.05) is 0 Å². The lowest BCUT2D eigenvalue weighted by molar-refractivity contribution is 0.265. The molecular weight excluding hydrogens is 228 g/mol. The Labute approximate surface area is 117 Å². The van der Waals surface area contributed by atoms with Crippen LogP contribution < -0.4 is 0 Å². The summed E-state index contributed by atoms with van der Waals surface area (Å²) in [6.07, 6.45) is 5.16. The van der Waals surface area contributed by atoms with Crippen LogP contribution in [0.25, 0.3) is 5.57 Å². The highest BCUT2D eigenvalue weighted by atomic mass is 14.5. The number of fused-ring (bicyclic) bond motifs is 3. The summed E-state index contributed by atoms with van der Waals surface area (Å²) in [4.78, 5) is 0. The van der Waals surface area contributed by atoms with Crippen LogP contribution in [0.3, 0.4) is 0 Å². The number of hydrogen-bond donors (Lipinski definition) is 0. The molecule has 0 heterocycles. The van der Waals surface area contributed by atoms with Crippen LogP contribution in [0.15, 0.2) is 23.8 Å². The first kappa shape index (κ1) is 13.0. The minimum atomic E-state index is 0.298. The van der Waals surface area contributed by atoms with Gasteiger partial charge in [0.15, 0.2) is 0 Å². The molecule has 0 amide bonds. The highest BCUT2D eigenvalue weighted by molar-refractivity contribution is 5.80. The van der Waals surface area contributed by atoms with Crippen molar-refractivity contribution in [1.82, 2.24) is 0 Å². The molecule has 0 spiro atoms. The first-order valence-electron chi connectivity index (χ1n) is 7.76. The van der Waals surface area contributed by atoms with E-state index in [0.717, 1.165) is 6.42 Å². The molecule has 1 fully saturated rings. The summed E-state index contributed by atoms with van der Waals surface area (Å²) in [6, 6.07) is 7.17. The van der Waals surface area contributed by atoms with Crippen LogP contribution >= 0.6 is 0 Å². The zero-order chi connectivity index (χ0) is 13.8. The maximum atomic E-state index is 2.48. The Balaban J connectivity index is 2.24. The van der Waals surface area contributed by atoms with Gasteiger partial charge in [0.05, 0.1) is 0 Å². The number of benzene rings is 1. The van der Waals surface area contributed by atoms with E-state index in [0.29, 0.717) is 10.8 Å². The molecular formula is C19H26. The fourth-order valence-corrected chi connectivity index (χ4v) is 4.80. The largest absolute Gasteiger partial charge is 0.0613 e. The number of aryl methyl sites for hydroxylation is 1. The number of allylic oxidation sites excluding steroid dienone is 2. The first-order chi connectivity index (χ1) is 8.90. The third-order valence-electron chi connectivity index (χ3n) is 5.57. The Kier molecular flexibility index (Phi) is 2.71. The summed E-state index contributed by atoms with van der Waals surface area (Å²) in [5, 5.41) is 0. The standard InChI is InChI=1S/C19H26/c1-6-14-8-9-15-13(2)17-18(3,4)10-7-11-19(17,5)16(15)12-14/h8-9,12H,6-7,10-11H2,1-5H3. The molecule has 1 unspecified atom stereocenters. The summed E-state index contributed by atoms with van der Waals surface area (Å²) in [6.45, 7) is 12.0. The molecule has 2 aliphatic carbocycles. The molecule has 2 aliphatic rings. The van der Waals surface area contributed by atoms with Crippen LogP contribution in [-0.2, 0) is 11.8 Å². The van der Waals surface area contributed by atoms with Gasteiger partial charge in [-0.3, -0.25) is 0 Å². The van der Waals surface area contributed by atoms with Crippen LogP contribution in [0.2, 0.25) is 0 Å². The van der Waals surface area contributed by atoms with Gasteiger partial charge in [-0.1, -0.05) is 57.9 Å². The van der Waals surface area contributed by atoms with E-state index in [9.17, 15) is 0 Å². The van der Waals surface area contributed by atoms with E-state index in [1.54, 1.807) is 16.7 Å². The molecule has 0 heteroatoms. The van der Waals surface area contributed by atoms with Gasteiger partial charge in [-0.2, -0.15) is 0 Å². The molecule has 0 saturated heterocycles. The Bertz CT molecular complexity index is 559. The van der Waals surface area contributed by atoms with Gasteiger partial charge >= 0.3 is 0 Å². The lowest BCUT2D eigenvalue weighted by Gasteiger charge is -2.44. The van der Waals surface area contributed by atoms with Gasteiger partial charge in [0.25, 0.3) is 0 Å². The Morgan fingerprint density at radius 1 is 1.11 bits per heavy atom. The molecule has 0 radical (unpaired) electrons.